The molecule has 0 radical (unpaired) electrons. The van der Waals surface area contributed by atoms with Gasteiger partial charge in [0.25, 0.3) is 0 Å². The number of carboxylic acid groups (broad SMARTS) is 1. The number of aryl methyl sites for hydroxylation is 1. The molecule has 1 N–H and O–H groups in total. The summed E-state index contributed by atoms with van der Waals surface area (Å²) in [4.78, 5) is 16.9. The van der Waals surface area contributed by atoms with Crippen molar-refractivity contribution >= 4 is 5.97 Å². The van der Waals surface area contributed by atoms with E-state index in [1.165, 1.54) is 49.6 Å². The molecule has 5 rings (SSSR count). The molecule has 0 spiro atoms. The fraction of sp³-hybridized carbons (Fsp3) is 0.722. The van der Waals surface area contributed by atoms with Crippen LogP contribution in [0.25, 0.3) is 0 Å². The van der Waals surface area contributed by atoms with E-state index in [0.717, 1.165) is 69.8 Å². The molecule has 1 aromatic carbocycles. The molecule has 4 atom stereocenters. The van der Waals surface area contributed by atoms with Crippen molar-refractivity contribution in [2.24, 2.45) is 17.8 Å². The highest BCUT2D eigenvalue weighted by Gasteiger charge is 2.41. The number of aliphatic carboxylic acids is 1. The first-order chi connectivity index (χ1) is 20.7. The van der Waals surface area contributed by atoms with Gasteiger partial charge in [-0.2, -0.15) is 5.10 Å². The van der Waals surface area contributed by atoms with Crippen molar-refractivity contribution in [3.8, 4) is 0 Å². The van der Waals surface area contributed by atoms with Gasteiger partial charge < -0.3 is 10.0 Å². The Bertz CT molecular complexity index is 1180. The normalized spacial score (nSPS) is 25.1. The van der Waals surface area contributed by atoms with Crippen molar-refractivity contribution in [3.05, 3.63) is 53.1 Å². The minimum absolute atomic E-state index is 0.178. The van der Waals surface area contributed by atoms with Gasteiger partial charge >= 0.3 is 5.97 Å². The van der Waals surface area contributed by atoms with Crippen LogP contribution in [-0.2, 0) is 17.8 Å². The minimum atomic E-state index is -0.739. The Kier molecular flexibility index (Phi) is 11.0. The zero-order valence-corrected chi connectivity index (χ0v) is 27.1. The van der Waals surface area contributed by atoms with E-state index in [-0.39, 0.29) is 17.8 Å². The summed E-state index contributed by atoms with van der Waals surface area (Å²) in [5, 5.41) is 15.1. The number of carboxylic acids is 1. The first kappa shape index (κ1) is 32.2. The van der Waals surface area contributed by atoms with Gasteiger partial charge in [-0.1, -0.05) is 58.1 Å². The molecule has 2 saturated carbocycles. The third-order valence-corrected chi connectivity index (χ3v) is 10.9. The molecule has 1 saturated heterocycles. The number of likely N-dealkylation sites (tertiary alicyclic amines) is 1. The van der Waals surface area contributed by atoms with Gasteiger partial charge in [0, 0.05) is 30.7 Å². The number of likely N-dealkylation sites (N-methyl/N-ethyl adjacent to an activating group) is 1. The van der Waals surface area contributed by atoms with Gasteiger partial charge in [-0.3, -0.25) is 14.4 Å². The summed E-state index contributed by atoms with van der Waals surface area (Å²) < 4.78 is 16.6. The smallest absolute Gasteiger partial charge is 0.320 e. The molecule has 0 amide bonds. The lowest BCUT2D eigenvalue weighted by molar-refractivity contribution is -0.144. The molecule has 238 valence electrons. The Morgan fingerprint density at radius 1 is 1.09 bits per heavy atom. The van der Waals surface area contributed by atoms with Gasteiger partial charge in [0.15, 0.2) is 0 Å². The van der Waals surface area contributed by atoms with Gasteiger partial charge in [-0.15, -0.1) is 0 Å². The van der Waals surface area contributed by atoms with Crippen LogP contribution in [0.4, 0.5) is 4.39 Å². The summed E-state index contributed by atoms with van der Waals surface area (Å²) in [6.45, 7) is 10.4. The van der Waals surface area contributed by atoms with Crippen LogP contribution in [0.3, 0.4) is 0 Å². The Morgan fingerprint density at radius 3 is 2.49 bits per heavy atom. The van der Waals surface area contributed by atoms with Crippen LogP contribution in [0.1, 0.15) is 114 Å². The summed E-state index contributed by atoms with van der Waals surface area (Å²) in [6.07, 6.45) is 12.8. The Labute approximate surface area is 259 Å². The number of benzene rings is 1. The van der Waals surface area contributed by atoms with Gasteiger partial charge in [-0.25, -0.2) is 4.39 Å². The van der Waals surface area contributed by atoms with Crippen molar-refractivity contribution < 1.29 is 14.3 Å². The summed E-state index contributed by atoms with van der Waals surface area (Å²) >= 11 is 0. The molecule has 1 aliphatic heterocycles. The molecule has 43 heavy (non-hydrogen) atoms. The second-order valence-corrected chi connectivity index (χ2v) is 14.4. The molecule has 2 aliphatic carbocycles. The number of nitrogens with zero attached hydrogens (tertiary/aromatic N) is 4. The fourth-order valence-electron chi connectivity index (χ4n) is 8.52. The third kappa shape index (κ3) is 8.08. The van der Waals surface area contributed by atoms with E-state index in [0.29, 0.717) is 24.2 Å². The molecular weight excluding hydrogens is 539 g/mol. The molecular formula is C36H55FN4O2. The number of piperidine rings is 1. The second-order valence-electron chi connectivity index (χ2n) is 14.4. The zero-order chi connectivity index (χ0) is 30.5. The van der Waals surface area contributed by atoms with Gasteiger partial charge in [-0.05, 0) is 113 Å². The lowest BCUT2D eigenvalue weighted by Crippen LogP contribution is -2.45. The highest BCUT2D eigenvalue weighted by molar-refractivity contribution is 5.73. The largest absolute Gasteiger partial charge is 0.480 e. The lowest BCUT2D eigenvalue weighted by Gasteiger charge is -2.35. The standard InChI is InChI=1S/C36H55FN4O2/c1-5-41-34(22-31(38-41)19-26-10-7-6-8-11-26)27-14-16-40(17-15-27)24-29-21-32(39(4)35(36(42)43)18-25(2)3)23-33(29)28-12-9-13-30(37)20-28/h9,12-13,20,22,25-27,29,32-33,35H,5-8,10-11,14-19,21,23-24H2,1-4H3,(H,42,43)/t29?,32?,33?,35-/m1/s1. The van der Waals surface area contributed by atoms with E-state index in [1.54, 1.807) is 6.07 Å². The van der Waals surface area contributed by atoms with E-state index in [2.05, 4.69) is 47.4 Å². The topological polar surface area (TPSA) is 61.6 Å². The summed E-state index contributed by atoms with van der Waals surface area (Å²) in [5.41, 5.74) is 3.78. The molecule has 6 nitrogen and oxygen atoms in total. The Morgan fingerprint density at radius 2 is 1.84 bits per heavy atom. The lowest BCUT2D eigenvalue weighted by atomic mass is 9.85. The predicted octanol–water partition coefficient (Wildman–Crippen LogP) is 7.34. The van der Waals surface area contributed by atoms with Crippen LogP contribution in [0.2, 0.25) is 0 Å². The maximum atomic E-state index is 14.3. The van der Waals surface area contributed by atoms with E-state index in [9.17, 15) is 14.3 Å². The summed E-state index contributed by atoms with van der Waals surface area (Å²) in [5.74, 6) is 1.36. The third-order valence-electron chi connectivity index (χ3n) is 10.9. The summed E-state index contributed by atoms with van der Waals surface area (Å²) in [7, 11) is 1.99. The molecule has 1 aromatic heterocycles. The van der Waals surface area contributed by atoms with E-state index in [4.69, 9.17) is 5.10 Å². The molecule has 3 fully saturated rings. The number of hydrogen-bond donors (Lipinski definition) is 1. The zero-order valence-electron chi connectivity index (χ0n) is 27.1. The molecule has 7 heteroatoms. The highest BCUT2D eigenvalue weighted by Crippen LogP contribution is 2.43. The van der Waals surface area contributed by atoms with Crippen molar-refractivity contribution in [1.82, 2.24) is 19.6 Å². The first-order valence-corrected chi connectivity index (χ1v) is 17.2. The number of carbonyl (C=O) groups is 1. The van der Waals surface area contributed by atoms with Crippen LogP contribution in [0.5, 0.6) is 0 Å². The highest BCUT2D eigenvalue weighted by atomic mass is 19.1. The molecule has 3 unspecified atom stereocenters. The quantitative estimate of drug-likeness (QED) is 0.279. The second kappa shape index (κ2) is 14.7. The fourth-order valence-corrected chi connectivity index (χ4v) is 8.52. The first-order valence-electron chi connectivity index (χ1n) is 17.2. The monoisotopic (exact) mass is 594 g/mol. The van der Waals surface area contributed by atoms with Crippen molar-refractivity contribution in [2.45, 2.75) is 122 Å². The van der Waals surface area contributed by atoms with Crippen LogP contribution in [0.15, 0.2) is 30.3 Å². The molecule has 2 heterocycles. The SMILES string of the molecule is CCn1nc(CC2CCCCC2)cc1C1CCN(CC2CC(N(C)[C@H](CC(C)C)C(=O)O)CC2c2cccc(F)c2)CC1. The van der Waals surface area contributed by atoms with Crippen molar-refractivity contribution in [1.29, 1.82) is 0 Å². The maximum Gasteiger partial charge on any atom is 0.320 e. The number of aromatic nitrogens is 2. The van der Waals surface area contributed by atoms with E-state index < -0.39 is 12.0 Å². The van der Waals surface area contributed by atoms with Crippen LogP contribution >= 0.6 is 0 Å². The van der Waals surface area contributed by atoms with Gasteiger partial charge in [0.1, 0.15) is 11.9 Å². The average molecular weight is 595 g/mol. The van der Waals surface area contributed by atoms with Crippen LogP contribution in [-0.4, -0.2) is 69.4 Å². The number of halogens is 1. The van der Waals surface area contributed by atoms with Crippen LogP contribution in [0, 0.1) is 23.6 Å². The van der Waals surface area contributed by atoms with Crippen molar-refractivity contribution in [3.63, 3.8) is 0 Å². The number of rotatable bonds is 12. The molecule has 0 bridgehead atoms. The van der Waals surface area contributed by atoms with Gasteiger partial charge in [0.2, 0.25) is 0 Å². The number of hydrogen-bond acceptors (Lipinski definition) is 4. The molecule has 3 aliphatic rings. The van der Waals surface area contributed by atoms with Crippen LogP contribution < -0.4 is 0 Å². The van der Waals surface area contributed by atoms with E-state index >= 15 is 0 Å². The minimum Gasteiger partial charge on any atom is -0.480 e. The summed E-state index contributed by atoms with van der Waals surface area (Å²) in [6, 6.07) is 9.22. The van der Waals surface area contributed by atoms with E-state index in [1.807, 2.05) is 13.1 Å². The van der Waals surface area contributed by atoms with Crippen molar-refractivity contribution in [2.75, 3.05) is 26.7 Å². The average Bonchev–Trinajstić information content (AvgIpc) is 3.60. The Hall–Kier alpha value is -2.25. The predicted molar refractivity (Wildman–Crippen MR) is 171 cm³/mol. The Balaban J connectivity index is 1.24. The van der Waals surface area contributed by atoms with Gasteiger partial charge in [0.05, 0.1) is 5.69 Å². The maximum absolute atomic E-state index is 14.3. The molecule has 2 aromatic rings.